The van der Waals surface area contributed by atoms with E-state index in [4.69, 9.17) is 0 Å². The van der Waals surface area contributed by atoms with Crippen LogP contribution >= 0.6 is 0 Å². The summed E-state index contributed by atoms with van der Waals surface area (Å²) in [6.07, 6.45) is 2.28. The lowest BCUT2D eigenvalue weighted by Gasteiger charge is -2.25. The van der Waals surface area contributed by atoms with Crippen molar-refractivity contribution in [3.8, 4) is 0 Å². The molecule has 1 saturated heterocycles. The number of rotatable bonds is 4. The smallest absolute Gasteiger partial charge is 0.323 e. The second kappa shape index (κ2) is 4.54. The minimum Gasteiger partial charge on any atom is -0.323 e. The average molecular weight is 291 g/mol. The van der Waals surface area contributed by atoms with E-state index in [1.165, 1.54) is 4.90 Å². The lowest BCUT2D eigenvalue weighted by molar-refractivity contribution is -0.132. The number of hydrogen-bond acceptors (Lipinski definition) is 4. The van der Waals surface area contributed by atoms with Crippen molar-refractivity contribution in [2.75, 3.05) is 0 Å². The average Bonchev–Trinajstić information content (AvgIpc) is 3.15. The van der Waals surface area contributed by atoms with Gasteiger partial charge < -0.3 is 9.88 Å². The van der Waals surface area contributed by atoms with Gasteiger partial charge in [-0.05, 0) is 25.7 Å². The van der Waals surface area contributed by atoms with Gasteiger partial charge in [0.1, 0.15) is 11.4 Å². The molecule has 2 aliphatic rings. The topological polar surface area (TPSA) is 80.1 Å². The van der Waals surface area contributed by atoms with Gasteiger partial charge in [-0.1, -0.05) is 13.8 Å². The first-order valence-electron chi connectivity index (χ1n) is 7.37. The Morgan fingerprint density at radius 1 is 1.33 bits per heavy atom. The normalized spacial score (nSPS) is 25.9. The maximum atomic E-state index is 12.5. The molecule has 1 aliphatic heterocycles. The van der Waals surface area contributed by atoms with Crippen molar-refractivity contribution in [1.29, 1.82) is 0 Å². The maximum Gasteiger partial charge on any atom is 0.325 e. The number of hydrogen-bond donors (Lipinski definition) is 1. The van der Waals surface area contributed by atoms with Crippen molar-refractivity contribution in [2.45, 2.75) is 51.6 Å². The first-order chi connectivity index (χ1) is 9.84. The van der Waals surface area contributed by atoms with Crippen LogP contribution in [0.4, 0.5) is 4.79 Å². The lowest BCUT2D eigenvalue weighted by atomic mass is 9.88. The summed E-state index contributed by atoms with van der Waals surface area (Å²) in [6.45, 7) is 5.79. The molecule has 21 heavy (non-hydrogen) atoms. The molecule has 0 bridgehead atoms. The van der Waals surface area contributed by atoms with Gasteiger partial charge >= 0.3 is 6.03 Å². The molecular formula is C14H21N5O2. The molecule has 1 atom stereocenters. The summed E-state index contributed by atoms with van der Waals surface area (Å²) < 4.78 is 1.91. The molecule has 1 saturated carbocycles. The van der Waals surface area contributed by atoms with E-state index in [9.17, 15) is 9.59 Å². The van der Waals surface area contributed by atoms with Crippen molar-refractivity contribution in [2.24, 2.45) is 13.0 Å². The number of carbonyl (C=O) groups excluding carboxylic acids is 2. The molecule has 1 unspecified atom stereocenters. The first-order valence-corrected chi connectivity index (χ1v) is 7.37. The van der Waals surface area contributed by atoms with E-state index < -0.39 is 5.54 Å². The second-order valence-electron chi connectivity index (χ2n) is 6.49. The molecule has 1 N–H and O–H groups in total. The van der Waals surface area contributed by atoms with E-state index in [0.29, 0.717) is 11.7 Å². The highest BCUT2D eigenvalue weighted by Gasteiger charge is 2.50. The first kappa shape index (κ1) is 14.0. The molecule has 1 aromatic heterocycles. The van der Waals surface area contributed by atoms with Crippen LogP contribution in [0.2, 0.25) is 0 Å². The van der Waals surface area contributed by atoms with Gasteiger partial charge in [-0.25, -0.2) is 4.79 Å². The SMILES string of the molecule is CC(C)C1(C)NC(=O)N(Cc2nnc(C3CC3)n2C)C1=O. The molecule has 0 spiro atoms. The van der Waals surface area contributed by atoms with Crippen LogP contribution in [0.15, 0.2) is 0 Å². The summed E-state index contributed by atoms with van der Waals surface area (Å²) in [6, 6.07) is -0.354. The van der Waals surface area contributed by atoms with Gasteiger partial charge in [0.25, 0.3) is 5.91 Å². The highest BCUT2D eigenvalue weighted by Crippen LogP contribution is 2.39. The number of imide groups is 1. The molecule has 0 aromatic carbocycles. The minimum absolute atomic E-state index is 0.0282. The Morgan fingerprint density at radius 2 is 2.00 bits per heavy atom. The monoisotopic (exact) mass is 291 g/mol. The van der Waals surface area contributed by atoms with Crippen LogP contribution in [-0.4, -0.2) is 37.1 Å². The van der Waals surface area contributed by atoms with E-state index in [2.05, 4.69) is 15.5 Å². The third-order valence-electron chi connectivity index (χ3n) is 4.70. The summed E-state index contributed by atoms with van der Waals surface area (Å²) in [5, 5.41) is 11.1. The molecule has 7 nitrogen and oxygen atoms in total. The molecule has 114 valence electrons. The zero-order valence-electron chi connectivity index (χ0n) is 12.9. The second-order valence-corrected chi connectivity index (χ2v) is 6.49. The van der Waals surface area contributed by atoms with E-state index in [-0.39, 0.29) is 24.4 Å². The van der Waals surface area contributed by atoms with Crippen molar-refractivity contribution < 1.29 is 9.59 Å². The molecule has 2 fully saturated rings. The van der Waals surface area contributed by atoms with Gasteiger partial charge in [0.15, 0.2) is 5.82 Å². The fourth-order valence-corrected chi connectivity index (χ4v) is 2.60. The van der Waals surface area contributed by atoms with Crippen molar-refractivity contribution in [3.05, 3.63) is 11.6 Å². The summed E-state index contributed by atoms with van der Waals surface area (Å²) in [5.74, 6) is 1.91. The van der Waals surface area contributed by atoms with Gasteiger partial charge in [-0.2, -0.15) is 0 Å². The Balaban J connectivity index is 1.82. The van der Waals surface area contributed by atoms with Crippen molar-refractivity contribution in [1.82, 2.24) is 25.0 Å². The van der Waals surface area contributed by atoms with Gasteiger partial charge in [0.2, 0.25) is 0 Å². The van der Waals surface area contributed by atoms with Crippen LogP contribution in [-0.2, 0) is 18.4 Å². The van der Waals surface area contributed by atoms with Crippen LogP contribution in [0.3, 0.4) is 0 Å². The van der Waals surface area contributed by atoms with Crippen molar-refractivity contribution >= 4 is 11.9 Å². The van der Waals surface area contributed by atoms with Gasteiger partial charge in [-0.3, -0.25) is 9.69 Å². The Kier molecular flexibility index (Phi) is 3.04. The molecular weight excluding hydrogens is 270 g/mol. The summed E-state index contributed by atoms with van der Waals surface area (Å²) in [4.78, 5) is 25.9. The van der Waals surface area contributed by atoms with Gasteiger partial charge in [0, 0.05) is 13.0 Å². The third kappa shape index (κ3) is 2.11. The summed E-state index contributed by atoms with van der Waals surface area (Å²) in [7, 11) is 1.89. The Bertz CT molecular complexity index is 605. The highest BCUT2D eigenvalue weighted by molar-refractivity contribution is 6.06. The summed E-state index contributed by atoms with van der Waals surface area (Å²) in [5.41, 5.74) is -0.838. The Morgan fingerprint density at radius 3 is 2.52 bits per heavy atom. The zero-order valence-corrected chi connectivity index (χ0v) is 12.9. The van der Waals surface area contributed by atoms with E-state index >= 15 is 0 Å². The van der Waals surface area contributed by atoms with Gasteiger partial charge in [-0.15, -0.1) is 10.2 Å². The largest absolute Gasteiger partial charge is 0.325 e. The van der Waals surface area contributed by atoms with Crippen LogP contribution in [0.5, 0.6) is 0 Å². The van der Waals surface area contributed by atoms with E-state index in [1.807, 2.05) is 25.5 Å². The van der Waals surface area contributed by atoms with Crippen molar-refractivity contribution in [3.63, 3.8) is 0 Å². The maximum absolute atomic E-state index is 12.5. The fraction of sp³-hybridized carbons (Fsp3) is 0.714. The van der Waals surface area contributed by atoms with E-state index in [1.54, 1.807) is 6.92 Å². The lowest BCUT2D eigenvalue weighted by Crippen LogP contribution is -2.48. The van der Waals surface area contributed by atoms with E-state index in [0.717, 1.165) is 18.7 Å². The molecule has 2 heterocycles. The fourth-order valence-electron chi connectivity index (χ4n) is 2.60. The zero-order chi connectivity index (χ0) is 15.4. The van der Waals surface area contributed by atoms with Crippen LogP contribution in [0.25, 0.3) is 0 Å². The van der Waals surface area contributed by atoms with Crippen LogP contribution in [0, 0.1) is 5.92 Å². The number of urea groups is 1. The predicted octanol–water partition coefficient (Wildman–Crippen LogP) is 1.16. The third-order valence-corrected chi connectivity index (χ3v) is 4.70. The quantitative estimate of drug-likeness (QED) is 0.844. The minimum atomic E-state index is -0.838. The number of aromatic nitrogens is 3. The number of carbonyl (C=O) groups is 2. The van der Waals surface area contributed by atoms with Crippen LogP contribution in [0.1, 0.15) is 51.2 Å². The highest BCUT2D eigenvalue weighted by atomic mass is 16.2. The molecule has 1 aliphatic carbocycles. The summed E-state index contributed by atoms with van der Waals surface area (Å²) >= 11 is 0. The molecule has 3 rings (SSSR count). The Labute approximate surface area is 123 Å². The molecule has 7 heteroatoms. The van der Waals surface area contributed by atoms with Gasteiger partial charge in [0.05, 0.1) is 6.54 Å². The van der Waals surface area contributed by atoms with Crippen LogP contribution < -0.4 is 5.32 Å². The number of nitrogens with one attached hydrogen (secondary N) is 1. The number of amides is 3. The number of nitrogens with zero attached hydrogens (tertiary/aromatic N) is 4. The predicted molar refractivity (Wildman–Crippen MR) is 75.3 cm³/mol. The molecule has 0 radical (unpaired) electrons. The standard InChI is InChI=1S/C14H21N5O2/c1-8(2)14(3)12(20)19(13(21)15-14)7-10-16-17-11(18(10)4)9-5-6-9/h8-9H,5-7H2,1-4H3,(H,15,21). The Hall–Kier alpha value is -1.92. The molecule has 3 amide bonds. The molecule has 1 aromatic rings.